The lowest BCUT2D eigenvalue weighted by Crippen LogP contribution is -2.31. The molecule has 19 heavy (non-hydrogen) atoms. The molecule has 0 aliphatic carbocycles. The van der Waals surface area contributed by atoms with Crippen LogP contribution in [-0.4, -0.2) is 35.8 Å². The molecule has 1 heterocycles. The fourth-order valence-corrected chi connectivity index (χ4v) is 3.01. The third kappa shape index (κ3) is 3.71. The van der Waals surface area contributed by atoms with Crippen LogP contribution in [0, 0.1) is 6.92 Å². The molecule has 2 unspecified atom stereocenters. The Hall–Kier alpha value is -1.06. The van der Waals surface area contributed by atoms with Gasteiger partial charge < -0.3 is 9.84 Å². The number of likely N-dealkylation sites (tertiary alicyclic amines) is 1. The van der Waals surface area contributed by atoms with Crippen LogP contribution in [0.5, 0.6) is 5.75 Å². The van der Waals surface area contributed by atoms with E-state index in [1.165, 1.54) is 24.0 Å². The van der Waals surface area contributed by atoms with E-state index in [9.17, 15) is 5.11 Å². The van der Waals surface area contributed by atoms with E-state index in [1.54, 1.807) is 7.11 Å². The van der Waals surface area contributed by atoms with Crippen LogP contribution in [-0.2, 0) is 6.54 Å². The lowest BCUT2D eigenvalue weighted by atomic mass is 10.1. The Bertz CT molecular complexity index is 417. The van der Waals surface area contributed by atoms with Crippen LogP contribution >= 0.6 is 0 Å². The van der Waals surface area contributed by atoms with Crippen LogP contribution in [0.2, 0.25) is 0 Å². The van der Waals surface area contributed by atoms with E-state index in [0.717, 1.165) is 25.3 Å². The Morgan fingerprint density at radius 3 is 2.95 bits per heavy atom. The molecule has 1 N–H and O–H groups in total. The van der Waals surface area contributed by atoms with Crippen LogP contribution in [0.25, 0.3) is 0 Å². The van der Waals surface area contributed by atoms with Crippen LogP contribution in [0.15, 0.2) is 18.2 Å². The summed E-state index contributed by atoms with van der Waals surface area (Å²) >= 11 is 0. The molecule has 1 aliphatic rings. The number of benzene rings is 1. The first kappa shape index (κ1) is 14.4. The zero-order valence-electron chi connectivity index (χ0n) is 12.2. The van der Waals surface area contributed by atoms with Gasteiger partial charge in [-0.25, -0.2) is 0 Å². The highest BCUT2D eigenvalue weighted by atomic mass is 16.5. The summed E-state index contributed by atoms with van der Waals surface area (Å²) in [5, 5.41) is 9.59. The summed E-state index contributed by atoms with van der Waals surface area (Å²) in [7, 11) is 1.73. The summed E-state index contributed by atoms with van der Waals surface area (Å²) in [5.41, 5.74) is 2.52. The first-order chi connectivity index (χ1) is 9.10. The number of rotatable bonds is 5. The largest absolute Gasteiger partial charge is 0.496 e. The van der Waals surface area contributed by atoms with Gasteiger partial charge in [-0.2, -0.15) is 0 Å². The maximum absolute atomic E-state index is 9.59. The first-order valence-corrected chi connectivity index (χ1v) is 7.15. The van der Waals surface area contributed by atoms with Gasteiger partial charge in [0.1, 0.15) is 5.75 Å². The molecule has 0 aromatic heterocycles. The minimum atomic E-state index is -0.218. The predicted molar refractivity (Wildman–Crippen MR) is 77.5 cm³/mol. The highest BCUT2D eigenvalue weighted by Crippen LogP contribution is 2.27. The van der Waals surface area contributed by atoms with Crippen molar-refractivity contribution in [3.05, 3.63) is 29.3 Å². The quantitative estimate of drug-likeness (QED) is 0.886. The molecule has 0 bridgehead atoms. The molecular weight excluding hydrogens is 238 g/mol. The second kappa shape index (κ2) is 6.40. The zero-order valence-corrected chi connectivity index (χ0v) is 12.2. The SMILES string of the molecule is COc1ccc(C)cc1CN1CCCC1CC(C)O. The Morgan fingerprint density at radius 1 is 1.47 bits per heavy atom. The van der Waals surface area contributed by atoms with Crippen molar-refractivity contribution in [1.29, 1.82) is 0 Å². The molecule has 1 aromatic carbocycles. The zero-order chi connectivity index (χ0) is 13.8. The summed E-state index contributed by atoms with van der Waals surface area (Å²) < 4.78 is 5.45. The van der Waals surface area contributed by atoms with Gasteiger partial charge in [-0.1, -0.05) is 17.7 Å². The van der Waals surface area contributed by atoms with Crippen LogP contribution in [0.3, 0.4) is 0 Å². The number of methoxy groups -OCH3 is 1. The molecule has 0 spiro atoms. The van der Waals surface area contributed by atoms with E-state index in [0.29, 0.717) is 6.04 Å². The molecule has 3 nitrogen and oxygen atoms in total. The van der Waals surface area contributed by atoms with Crippen LogP contribution < -0.4 is 4.74 Å². The van der Waals surface area contributed by atoms with Crippen molar-refractivity contribution in [3.63, 3.8) is 0 Å². The minimum absolute atomic E-state index is 0.218. The van der Waals surface area contributed by atoms with Crippen molar-refractivity contribution >= 4 is 0 Å². The van der Waals surface area contributed by atoms with Crippen molar-refractivity contribution in [2.75, 3.05) is 13.7 Å². The fourth-order valence-electron chi connectivity index (χ4n) is 3.01. The Balaban J connectivity index is 2.09. The number of ether oxygens (including phenoxy) is 1. The second-order valence-corrected chi connectivity index (χ2v) is 5.67. The van der Waals surface area contributed by atoms with Crippen LogP contribution in [0.4, 0.5) is 0 Å². The van der Waals surface area contributed by atoms with E-state index in [2.05, 4.69) is 24.0 Å². The average molecular weight is 263 g/mol. The maximum Gasteiger partial charge on any atom is 0.123 e. The lowest BCUT2D eigenvalue weighted by Gasteiger charge is -2.26. The maximum atomic E-state index is 9.59. The van der Waals surface area contributed by atoms with Gasteiger partial charge in [0.05, 0.1) is 13.2 Å². The molecular formula is C16H25NO2. The molecule has 0 saturated carbocycles. The number of hydrogen-bond donors (Lipinski definition) is 1. The van der Waals surface area contributed by atoms with Crippen molar-refractivity contribution < 1.29 is 9.84 Å². The van der Waals surface area contributed by atoms with E-state index in [-0.39, 0.29) is 6.10 Å². The van der Waals surface area contributed by atoms with Gasteiger partial charge >= 0.3 is 0 Å². The van der Waals surface area contributed by atoms with Gasteiger partial charge in [-0.05, 0) is 45.7 Å². The Kier molecular flexibility index (Phi) is 4.83. The van der Waals surface area contributed by atoms with Gasteiger partial charge in [-0.15, -0.1) is 0 Å². The summed E-state index contributed by atoms with van der Waals surface area (Å²) in [4.78, 5) is 2.48. The summed E-state index contributed by atoms with van der Waals surface area (Å²) in [6.07, 6.45) is 3.07. The Labute approximate surface area is 116 Å². The number of nitrogens with zero attached hydrogens (tertiary/aromatic N) is 1. The van der Waals surface area contributed by atoms with Crippen molar-refractivity contribution in [2.45, 2.75) is 51.8 Å². The van der Waals surface area contributed by atoms with Gasteiger partial charge in [0.2, 0.25) is 0 Å². The van der Waals surface area contributed by atoms with Crippen molar-refractivity contribution in [1.82, 2.24) is 4.90 Å². The average Bonchev–Trinajstić information content (AvgIpc) is 2.76. The van der Waals surface area contributed by atoms with Crippen molar-refractivity contribution in [3.8, 4) is 5.75 Å². The van der Waals surface area contributed by atoms with Gasteiger partial charge in [0.25, 0.3) is 0 Å². The fraction of sp³-hybridized carbons (Fsp3) is 0.625. The standard InChI is InChI=1S/C16H25NO2/c1-12-6-7-16(19-3)14(9-12)11-17-8-4-5-15(17)10-13(2)18/h6-7,9,13,15,18H,4-5,8,10-11H2,1-3H3. The molecule has 1 aliphatic heterocycles. The molecule has 0 amide bonds. The van der Waals surface area contributed by atoms with E-state index in [1.807, 2.05) is 13.0 Å². The van der Waals surface area contributed by atoms with Gasteiger partial charge in [0.15, 0.2) is 0 Å². The molecule has 3 heteroatoms. The monoisotopic (exact) mass is 263 g/mol. The smallest absolute Gasteiger partial charge is 0.123 e. The highest BCUT2D eigenvalue weighted by Gasteiger charge is 2.26. The van der Waals surface area contributed by atoms with E-state index < -0.39 is 0 Å². The molecule has 106 valence electrons. The molecule has 1 fully saturated rings. The second-order valence-electron chi connectivity index (χ2n) is 5.67. The minimum Gasteiger partial charge on any atom is -0.496 e. The molecule has 0 radical (unpaired) electrons. The van der Waals surface area contributed by atoms with E-state index >= 15 is 0 Å². The lowest BCUT2D eigenvalue weighted by molar-refractivity contribution is 0.130. The predicted octanol–water partition coefficient (Wildman–Crippen LogP) is 2.74. The molecule has 1 saturated heterocycles. The molecule has 2 atom stereocenters. The van der Waals surface area contributed by atoms with E-state index in [4.69, 9.17) is 4.74 Å². The number of aliphatic hydroxyl groups excluding tert-OH is 1. The topological polar surface area (TPSA) is 32.7 Å². The van der Waals surface area contributed by atoms with Gasteiger partial charge in [0, 0.05) is 18.2 Å². The third-order valence-electron chi connectivity index (χ3n) is 3.92. The normalized spacial score (nSPS) is 21.6. The number of aryl methyl sites for hydroxylation is 1. The highest BCUT2D eigenvalue weighted by molar-refractivity contribution is 5.36. The summed E-state index contributed by atoms with van der Waals surface area (Å²) in [6.45, 7) is 6.03. The first-order valence-electron chi connectivity index (χ1n) is 7.15. The summed E-state index contributed by atoms with van der Waals surface area (Å²) in [6, 6.07) is 6.84. The Morgan fingerprint density at radius 2 is 2.26 bits per heavy atom. The number of hydrogen-bond acceptors (Lipinski definition) is 3. The summed E-state index contributed by atoms with van der Waals surface area (Å²) in [5.74, 6) is 0.966. The van der Waals surface area contributed by atoms with Crippen LogP contribution in [0.1, 0.15) is 37.3 Å². The van der Waals surface area contributed by atoms with Gasteiger partial charge in [-0.3, -0.25) is 4.90 Å². The third-order valence-corrected chi connectivity index (χ3v) is 3.92. The van der Waals surface area contributed by atoms with Crippen molar-refractivity contribution in [2.24, 2.45) is 0 Å². The number of aliphatic hydroxyl groups is 1. The molecule has 2 rings (SSSR count). The molecule has 1 aromatic rings.